The molecule has 3 N–H and O–H groups in total. The lowest BCUT2D eigenvalue weighted by Gasteiger charge is -2.27. The molecule has 0 fully saturated rings. The highest BCUT2D eigenvalue weighted by molar-refractivity contribution is 6.31. The fourth-order valence-corrected chi connectivity index (χ4v) is 2.55. The highest BCUT2D eigenvalue weighted by Gasteiger charge is 2.38. The number of nitrogens with zero attached hydrogens (tertiary/aromatic N) is 2. The quantitative estimate of drug-likeness (QED) is 0.345. The first-order chi connectivity index (χ1) is 14.5. The first-order valence-corrected chi connectivity index (χ1v) is 8.16. The zero-order valence-corrected chi connectivity index (χ0v) is 15.3. The molecule has 16 heteroatoms. The van der Waals surface area contributed by atoms with Gasteiger partial charge >= 0.3 is 30.4 Å². The molecule has 0 saturated heterocycles. The minimum Gasteiger partial charge on any atom is -0.474 e. The number of halogens is 9. The van der Waals surface area contributed by atoms with Crippen molar-refractivity contribution < 1.29 is 54.2 Å². The third-order valence-electron chi connectivity index (χ3n) is 3.70. The van der Waals surface area contributed by atoms with Crippen LogP contribution < -0.4 is 15.8 Å². The number of carbonyl (C=O) groups is 2. The number of carboxylic acids is 1. The summed E-state index contributed by atoms with van der Waals surface area (Å²) >= 11 is 0. The number of fused-ring (bicyclic) bond motifs is 1. The number of pyridine rings is 1. The van der Waals surface area contributed by atoms with E-state index in [4.69, 9.17) is 5.11 Å². The lowest BCUT2D eigenvalue weighted by Crippen LogP contribution is -2.40. The van der Waals surface area contributed by atoms with Crippen molar-refractivity contribution in [2.75, 3.05) is 23.4 Å². The van der Waals surface area contributed by atoms with Crippen LogP contribution in [0.3, 0.4) is 0 Å². The van der Waals surface area contributed by atoms with E-state index in [0.717, 1.165) is 6.07 Å². The number of nitrogens with one attached hydrogen (secondary N) is 2. The highest BCUT2D eigenvalue weighted by atomic mass is 19.4. The largest absolute Gasteiger partial charge is 0.474 e. The summed E-state index contributed by atoms with van der Waals surface area (Å²) in [6, 6.07) is 2.24. The summed E-state index contributed by atoms with van der Waals surface area (Å²) in [6.07, 6.45) is -15.3. The zero-order valence-electron chi connectivity index (χ0n) is 15.3. The number of rotatable bonds is 5. The second kappa shape index (κ2) is 8.58. The molecule has 0 saturated carbocycles. The number of benzene rings is 1. The fraction of sp³-hybridized carbons (Fsp3) is 0.312. The summed E-state index contributed by atoms with van der Waals surface area (Å²) < 4.78 is 117. The van der Waals surface area contributed by atoms with Crippen molar-refractivity contribution in [3.8, 4) is 0 Å². The summed E-state index contributed by atoms with van der Waals surface area (Å²) in [6.45, 7) is -4.15. The van der Waals surface area contributed by atoms with Crippen molar-refractivity contribution in [2.45, 2.75) is 18.5 Å². The Bertz CT molecular complexity index is 1000. The number of carbonyl (C=O) groups excluding carboxylic acids is 1. The molecule has 1 heterocycles. The average Bonchev–Trinajstić information content (AvgIpc) is 2.61. The van der Waals surface area contributed by atoms with E-state index in [1.165, 1.54) is 0 Å². The lowest BCUT2D eigenvalue weighted by molar-refractivity contribution is -0.149. The minimum absolute atomic E-state index is 0.182. The predicted octanol–water partition coefficient (Wildman–Crippen LogP) is 3.71. The number of hydrogen-bond donors (Lipinski definition) is 3. The molecule has 2 aromatic rings. The maximum Gasteiger partial charge on any atom is 0.417 e. The Kier molecular flexibility index (Phi) is 6.65. The Labute approximate surface area is 171 Å². The summed E-state index contributed by atoms with van der Waals surface area (Å²) in [5, 5.41) is 7.62. The Morgan fingerprint density at radius 1 is 0.938 bits per heavy atom. The molecular formula is C16H11F9N4O3. The van der Waals surface area contributed by atoms with Crippen LogP contribution in [0.4, 0.5) is 51.0 Å². The van der Waals surface area contributed by atoms with E-state index in [2.05, 4.69) is 4.98 Å². The van der Waals surface area contributed by atoms with Crippen molar-refractivity contribution in [2.24, 2.45) is 0 Å². The third kappa shape index (κ3) is 6.78. The van der Waals surface area contributed by atoms with E-state index in [-0.39, 0.29) is 4.90 Å². The monoisotopic (exact) mass is 478 g/mol. The molecule has 0 aliphatic rings. The normalized spacial score (nSPS) is 12.5. The van der Waals surface area contributed by atoms with Crippen LogP contribution in [-0.2, 0) is 15.8 Å². The van der Waals surface area contributed by atoms with E-state index in [1.54, 1.807) is 5.43 Å². The molecule has 0 radical (unpaired) electrons. The van der Waals surface area contributed by atoms with Crippen LogP contribution in [0.25, 0.3) is 10.9 Å². The summed E-state index contributed by atoms with van der Waals surface area (Å²) in [4.78, 5) is 24.9. The molecule has 0 aliphatic heterocycles. The van der Waals surface area contributed by atoms with Gasteiger partial charge in [-0.1, -0.05) is 0 Å². The van der Waals surface area contributed by atoms with Gasteiger partial charge in [0.1, 0.15) is 18.9 Å². The number of anilines is 2. The van der Waals surface area contributed by atoms with Crippen LogP contribution in [0.5, 0.6) is 0 Å². The number of hydrazine groups is 1. The van der Waals surface area contributed by atoms with Gasteiger partial charge in [-0.2, -0.15) is 39.5 Å². The Morgan fingerprint density at radius 3 is 1.97 bits per heavy atom. The van der Waals surface area contributed by atoms with Crippen LogP contribution in [0, 0.1) is 0 Å². The van der Waals surface area contributed by atoms with E-state index in [0.29, 0.717) is 18.2 Å². The second-order valence-electron chi connectivity index (χ2n) is 6.22. The molecule has 1 amide bonds. The lowest BCUT2D eigenvalue weighted by atomic mass is 10.1. The molecule has 0 unspecified atom stereocenters. The summed E-state index contributed by atoms with van der Waals surface area (Å²) in [5.74, 6) is -4.28. The number of aromatic nitrogens is 1. The minimum atomic E-state index is -5.13. The molecule has 0 spiro atoms. The van der Waals surface area contributed by atoms with Crippen molar-refractivity contribution in [1.82, 2.24) is 10.4 Å². The smallest absolute Gasteiger partial charge is 0.417 e. The van der Waals surface area contributed by atoms with Crippen LogP contribution in [0.15, 0.2) is 24.3 Å². The van der Waals surface area contributed by atoms with Gasteiger partial charge in [-0.05, 0) is 24.3 Å². The molecule has 1 aromatic heterocycles. The zero-order chi connectivity index (χ0) is 24.5. The second-order valence-corrected chi connectivity index (χ2v) is 6.22. The molecule has 0 atom stereocenters. The van der Waals surface area contributed by atoms with E-state index >= 15 is 0 Å². The van der Waals surface area contributed by atoms with Gasteiger partial charge in [0.15, 0.2) is 0 Å². The molecule has 1 aromatic carbocycles. The van der Waals surface area contributed by atoms with Crippen LogP contribution in [0.1, 0.15) is 5.56 Å². The summed E-state index contributed by atoms with van der Waals surface area (Å²) in [7, 11) is 0. The van der Waals surface area contributed by atoms with Crippen molar-refractivity contribution >= 4 is 34.3 Å². The van der Waals surface area contributed by atoms with Gasteiger partial charge in [0.05, 0.1) is 11.1 Å². The van der Waals surface area contributed by atoms with Gasteiger partial charge in [0, 0.05) is 11.1 Å². The molecule has 2 rings (SSSR count). The molecule has 0 aliphatic carbocycles. The maximum atomic E-state index is 13.5. The first kappa shape index (κ1) is 24.8. The first-order valence-electron chi connectivity index (χ1n) is 8.16. The Morgan fingerprint density at radius 2 is 1.50 bits per heavy atom. The summed E-state index contributed by atoms with van der Waals surface area (Å²) in [5.41, 5.74) is 0.575. The van der Waals surface area contributed by atoms with Crippen molar-refractivity contribution in [1.29, 1.82) is 0 Å². The molecule has 176 valence electrons. The molecule has 7 nitrogen and oxygen atoms in total. The molecular weight excluding hydrogens is 467 g/mol. The number of alkyl halides is 9. The van der Waals surface area contributed by atoms with Gasteiger partial charge in [0.25, 0.3) is 0 Å². The van der Waals surface area contributed by atoms with Gasteiger partial charge in [-0.15, -0.1) is 0 Å². The number of aliphatic carboxylic acids is 1. The van der Waals surface area contributed by atoms with Gasteiger partial charge < -0.3 is 10.0 Å². The van der Waals surface area contributed by atoms with E-state index < -0.39 is 71.5 Å². The van der Waals surface area contributed by atoms with Crippen LogP contribution in [0.2, 0.25) is 0 Å². The standard InChI is InChI=1S/C16H11F9N4O3/c17-14(18,19)5-29(6-15(20,21)22)7-1-2-10-8(3-7)9(16(23,24)25)4-11(26-10)27-28-12(30)13(31)32/h1-4H,5-6H2,(H,26,27)(H,28,30)(H,31,32). The Hall–Kier alpha value is -3.46. The number of amides is 1. The van der Waals surface area contributed by atoms with E-state index in [1.807, 2.05) is 5.43 Å². The molecule has 32 heavy (non-hydrogen) atoms. The van der Waals surface area contributed by atoms with Gasteiger partial charge in [0.2, 0.25) is 0 Å². The number of hydrogen-bond acceptors (Lipinski definition) is 5. The van der Waals surface area contributed by atoms with Crippen LogP contribution in [-0.4, -0.2) is 47.4 Å². The topological polar surface area (TPSA) is 94.6 Å². The highest BCUT2D eigenvalue weighted by Crippen LogP contribution is 2.38. The average molecular weight is 478 g/mol. The van der Waals surface area contributed by atoms with Gasteiger partial charge in [-0.3, -0.25) is 15.6 Å². The third-order valence-corrected chi connectivity index (χ3v) is 3.70. The number of carboxylic acid groups (broad SMARTS) is 1. The van der Waals surface area contributed by atoms with Gasteiger partial charge in [-0.25, -0.2) is 9.78 Å². The fourth-order valence-electron chi connectivity index (χ4n) is 2.55. The predicted molar refractivity (Wildman–Crippen MR) is 90.5 cm³/mol. The SMILES string of the molecule is O=C(O)C(=O)NNc1cc(C(F)(F)F)c2cc(N(CC(F)(F)F)CC(F)(F)F)ccc2n1. The maximum absolute atomic E-state index is 13.5. The van der Waals surface area contributed by atoms with E-state index in [9.17, 15) is 49.1 Å². The molecule has 0 bridgehead atoms. The Balaban J connectivity index is 2.56. The van der Waals surface area contributed by atoms with Crippen LogP contribution >= 0.6 is 0 Å². The van der Waals surface area contributed by atoms with Crippen molar-refractivity contribution in [3.05, 3.63) is 29.8 Å². The van der Waals surface area contributed by atoms with Crippen molar-refractivity contribution in [3.63, 3.8) is 0 Å².